The molecule has 0 atom stereocenters. The van der Waals surface area contributed by atoms with Gasteiger partial charge >= 0.3 is 0 Å². The van der Waals surface area contributed by atoms with E-state index in [9.17, 15) is 0 Å². The Bertz CT molecular complexity index is 1020. The topological polar surface area (TPSA) is 72.0 Å². The van der Waals surface area contributed by atoms with E-state index in [2.05, 4.69) is 25.6 Å². The first-order valence-corrected chi connectivity index (χ1v) is 9.34. The Balaban J connectivity index is 1.33. The molecule has 0 fully saturated rings. The van der Waals surface area contributed by atoms with Crippen molar-refractivity contribution in [1.82, 2.24) is 15.0 Å². The van der Waals surface area contributed by atoms with Crippen molar-refractivity contribution in [2.75, 3.05) is 10.6 Å². The van der Waals surface area contributed by atoms with Crippen LogP contribution in [0.5, 0.6) is 5.75 Å². The van der Waals surface area contributed by atoms with E-state index >= 15 is 0 Å². The molecule has 6 heteroatoms. The normalized spacial score (nSPS) is 10.3. The van der Waals surface area contributed by atoms with Crippen LogP contribution in [0.1, 0.15) is 11.1 Å². The molecule has 2 N–H and O–H groups in total. The number of anilines is 3. The average Bonchev–Trinajstić information content (AvgIpc) is 2.79. The average molecular weight is 383 g/mol. The van der Waals surface area contributed by atoms with Crippen LogP contribution in [0.2, 0.25) is 0 Å². The summed E-state index contributed by atoms with van der Waals surface area (Å²) in [5.74, 6) is 2.29. The van der Waals surface area contributed by atoms with Crippen LogP contribution in [0.4, 0.5) is 17.3 Å². The molecule has 0 aliphatic heterocycles. The highest BCUT2D eigenvalue weighted by Gasteiger charge is 2.02. The Morgan fingerprint density at radius 2 is 1.52 bits per heavy atom. The molecule has 0 saturated carbocycles. The van der Waals surface area contributed by atoms with Gasteiger partial charge in [-0.3, -0.25) is 4.98 Å². The molecule has 144 valence electrons. The van der Waals surface area contributed by atoms with Gasteiger partial charge in [0.05, 0.1) is 0 Å². The molecule has 2 aromatic heterocycles. The van der Waals surface area contributed by atoms with E-state index in [-0.39, 0.29) is 0 Å². The van der Waals surface area contributed by atoms with Crippen LogP contribution in [0, 0.1) is 0 Å². The van der Waals surface area contributed by atoms with E-state index in [1.54, 1.807) is 12.4 Å². The minimum Gasteiger partial charge on any atom is -0.489 e. The van der Waals surface area contributed by atoms with Crippen LogP contribution < -0.4 is 15.4 Å². The second kappa shape index (κ2) is 9.32. The van der Waals surface area contributed by atoms with Crippen molar-refractivity contribution in [2.24, 2.45) is 0 Å². The van der Waals surface area contributed by atoms with Gasteiger partial charge in [-0.25, -0.2) is 9.97 Å². The lowest BCUT2D eigenvalue weighted by Gasteiger charge is -2.10. The predicted octanol–water partition coefficient (Wildman–Crippen LogP) is 4.81. The summed E-state index contributed by atoms with van der Waals surface area (Å²) in [6.45, 7) is 1.22. The molecule has 0 unspecified atom stereocenters. The number of rotatable bonds is 8. The number of pyridine rings is 1. The maximum Gasteiger partial charge on any atom is 0.135 e. The zero-order valence-corrected chi connectivity index (χ0v) is 15.8. The Labute approximate surface area is 169 Å². The van der Waals surface area contributed by atoms with E-state index in [1.165, 1.54) is 6.33 Å². The quantitative estimate of drug-likeness (QED) is 0.455. The molecular weight excluding hydrogens is 362 g/mol. The molecular formula is C23H21N5O. The fraction of sp³-hybridized carbons (Fsp3) is 0.0870. The SMILES string of the molecule is c1ccc(COc2ccc(Nc3cc(NCc4ccncc4)ncn3)cc2)cc1. The van der Waals surface area contributed by atoms with E-state index in [0.29, 0.717) is 13.2 Å². The van der Waals surface area contributed by atoms with Gasteiger partial charge in [0.2, 0.25) is 0 Å². The highest BCUT2D eigenvalue weighted by atomic mass is 16.5. The summed E-state index contributed by atoms with van der Waals surface area (Å²) in [6.07, 6.45) is 5.09. The molecule has 6 nitrogen and oxygen atoms in total. The molecule has 0 bridgehead atoms. The summed E-state index contributed by atoms with van der Waals surface area (Å²) in [5, 5.41) is 6.58. The van der Waals surface area contributed by atoms with Gasteiger partial charge in [-0.1, -0.05) is 30.3 Å². The first-order chi connectivity index (χ1) is 14.3. The molecule has 0 aliphatic carbocycles. The van der Waals surface area contributed by atoms with Crippen LogP contribution in [0.3, 0.4) is 0 Å². The first-order valence-electron chi connectivity index (χ1n) is 9.34. The van der Waals surface area contributed by atoms with Crippen molar-refractivity contribution in [3.63, 3.8) is 0 Å². The van der Waals surface area contributed by atoms with Gasteiger partial charge in [-0.05, 0) is 47.5 Å². The molecule has 0 amide bonds. The molecule has 29 heavy (non-hydrogen) atoms. The monoisotopic (exact) mass is 383 g/mol. The molecule has 0 saturated heterocycles. The van der Waals surface area contributed by atoms with Crippen molar-refractivity contribution in [1.29, 1.82) is 0 Å². The Morgan fingerprint density at radius 1 is 0.759 bits per heavy atom. The van der Waals surface area contributed by atoms with Gasteiger partial charge in [-0.15, -0.1) is 0 Å². The van der Waals surface area contributed by atoms with Gasteiger partial charge in [0.25, 0.3) is 0 Å². The Morgan fingerprint density at radius 3 is 2.31 bits per heavy atom. The lowest BCUT2D eigenvalue weighted by Crippen LogP contribution is -2.03. The largest absolute Gasteiger partial charge is 0.489 e. The first kappa shape index (κ1) is 18.4. The van der Waals surface area contributed by atoms with Crippen molar-refractivity contribution in [3.05, 3.63) is 103 Å². The summed E-state index contributed by atoms with van der Waals surface area (Å²) in [6, 6.07) is 23.7. The molecule has 0 spiro atoms. The van der Waals surface area contributed by atoms with Crippen molar-refractivity contribution < 1.29 is 4.74 Å². The van der Waals surface area contributed by atoms with Gasteiger partial charge in [0.15, 0.2) is 0 Å². The van der Waals surface area contributed by atoms with Gasteiger partial charge in [0, 0.05) is 30.7 Å². The van der Waals surface area contributed by atoms with Crippen LogP contribution in [-0.4, -0.2) is 15.0 Å². The van der Waals surface area contributed by atoms with Crippen LogP contribution in [-0.2, 0) is 13.2 Å². The highest BCUT2D eigenvalue weighted by Crippen LogP contribution is 2.21. The second-order valence-electron chi connectivity index (χ2n) is 6.42. The summed E-state index contributed by atoms with van der Waals surface area (Å²) in [4.78, 5) is 12.6. The summed E-state index contributed by atoms with van der Waals surface area (Å²) in [5.41, 5.74) is 3.21. The predicted molar refractivity (Wildman–Crippen MR) is 114 cm³/mol. The van der Waals surface area contributed by atoms with Crippen LogP contribution in [0.25, 0.3) is 0 Å². The summed E-state index contributed by atoms with van der Waals surface area (Å²) in [7, 11) is 0. The van der Waals surface area contributed by atoms with Crippen molar-refractivity contribution in [2.45, 2.75) is 13.2 Å². The lowest BCUT2D eigenvalue weighted by atomic mass is 10.2. The minimum atomic E-state index is 0.548. The fourth-order valence-electron chi connectivity index (χ4n) is 2.74. The fourth-order valence-corrected chi connectivity index (χ4v) is 2.74. The van der Waals surface area contributed by atoms with Crippen LogP contribution in [0.15, 0.2) is 91.5 Å². The number of nitrogens with zero attached hydrogens (tertiary/aromatic N) is 3. The highest BCUT2D eigenvalue weighted by molar-refractivity contribution is 5.59. The van der Waals surface area contributed by atoms with Crippen molar-refractivity contribution in [3.8, 4) is 5.75 Å². The third-order valence-electron chi connectivity index (χ3n) is 4.27. The molecule has 4 aromatic rings. The third-order valence-corrected chi connectivity index (χ3v) is 4.27. The molecule has 0 radical (unpaired) electrons. The standard InChI is InChI=1S/C23H21N5O/c1-2-4-19(5-3-1)16-29-21-8-6-20(7-9-21)28-23-14-22(26-17-27-23)25-15-18-10-12-24-13-11-18/h1-14,17H,15-16H2,(H2,25,26,27,28). The molecule has 2 aromatic carbocycles. The van der Waals surface area contributed by atoms with E-state index < -0.39 is 0 Å². The van der Waals surface area contributed by atoms with Gasteiger partial charge in [-0.2, -0.15) is 0 Å². The van der Waals surface area contributed by atoms with Gasteiger partial charge in [0.1, 0.15) is 30.3 Å². The zero-order chi connectivity index (χ0) is 19.7. The zero-order valence-electron chi connectivity index (χ0n) is 15.8. The number of hydrogen-bond donors (Lipinski definition) is 2. The molecule has 4 rings (SSSR count). The molecule has 0 aliphatic rings. The van der Waals surface area contributed by atoms with E-state index in [1.807, 2.05) is 72.8 Å². The minimum absolute atomic E-state index is 0.548. The maximum absolute atomic E-state index is 5.82. The number of aromatic nitrogens is 3. The third kappa shape index (κ3) is 5.52. The number of ether oxygens (including phenoxy) is 1. The Hall–Kier alpha value is -3.93. The van der Waals surface area contributed by atoms with Crippen LogP contribution >= 0.6 is 0 Å². The maximum atomic E-state index is 5.82. The summed E-state index contributed by atoms with van der Waals surface area (Å²) >= 11 is 0. The summed E-state index contributed by atoms with van der Waals surface area (Å²) < 4.78 is 5.82. The van der Waals surface area contributed by atoms with E-state index in [4.69, 9.17) is 4.74 Å². The van der Waals surface area contributed by atoms with E-state index in [0.717, 1.165) is 34.2 Å². The number of nitrogens with one attached hydrogen (secondary N) is 2. The number of hydrogen-bond acceptors (Lipinski definition) is 6. The smallest absolute Gasteiger partial charge is 0.135 e. The molecule has 2 heterocycles. The Kier molecular flexibility index (Phi) is 5.93. The number of benzene rings is 2. The second-order valence-corrected chi connectivity index (χ2v) is 6.42. The lowest BCUT2D eigenvalue weighted by molar-refractivity contribution is 0.306. The van der Waals surface area contributed by atoms with Crippen molar-refractivity contribution >= 4 is 17.3 Å². The van der Waals surface area contributed by atoms with Gasteiger partial charge < -0.3 is 15.4 Å².